The fourth-order valence-corrected chi connectivity index (χ4v) is 2.87. The Kier molecular flexibility index (Phi) is 4.97. The van der Waals surface area contributed by atoms with Gasteiger partial charge in [0, 0.05) is 30.3 Å². The van der Waals surface area contributed by atoms with E-state index in [9.17, 15) is 14.0 Å². The van der Waals surface area contributed by atoms with E-state index >= 15 is 0 Å². The van der Waals surface area contributed by atoms with Gasteiger partial charge in [-0.3, -0.25) is 9.59 Å². The van der Waals surface area contributed by atoms with E-state index in [1.165, 1.54) is 31.4 Å². The summed E-state index contributed by atoms with van der Waals surface area (Å²) in [6.45, 7) is 0.657. The number of piperidine rings is 1. The second-order valence-corrected chi connectivity index (χ2v) is 5.85. The van der Waals surface area contributed by atoms with Crippen molar-refractivity contribution in [3.8, 4) is 5.75 Å². The Morgan fingerprint density at radius 2 is 2.04 bits per heavy atom. The van der Waals surface area contributed by atoms with E-state index in [1.807, 2.05) is 0 Å². The third kappa shape index (κ3) is 3.79. The van der Waals surface area contributed by atoms with Crippen molar-refractivity contribution in [2.45, 2.75) is 19.3 Å². The number of benzene rings is 2. The zero-order chi connectivity index (χ0) is 17.8. The number of amides is 2. The first-order valence-corrected chi connectivity index (χ1v) is 8.14. The lowest BCUT2D eigenvalue weighted by molar-refractivity contribution is -0.119. The van der Waals surface area contributed by atoms with Gasteiger partial charge in [-0.1, -0.05) is 6.07 Å². The third-order valence-electron chi connectivity index (χ3n) is 4.14. The van der Waals surface area contributed by atoms with Crippen molar-refractivity contribution in [2.75, 3.05) is 23.9 Å². The fourth-order valence-electron chi connectivity index (χ4n) is 2.87. The minimum Gasteiger partial charge on any atom is -0.494 e. The molecule has 1 heterocycles. The van der Waals surface area contributed by atoms with Gasteiger partial charge in [0.15, 0.2) is 0 Å². The molecule has 0 unspecified atom stereocenters. The fraction of sp³-hybridized carbons (Fsp3) is 0.263. The van der Waals surface area contributed by atoms with Crippen LogP contribution in [0.1, 0.15) is 29.6 Å². The largest absolute Gasteiger partial charge is 0.494 e. The normalized spacial score (nSPS) is 14.3. The number of halogens is 1. The van der Waals surface area contributed by atoms with E-state index < -0.39 is 11.7 Å². The van der Waals surface area contributed by atoms with Crippen molar-refractivity contribution in [1.82, 2.24) is 0 Å². The maximum absolute atomic E-state index is 13.2. The number of carbonyl (C=O) groups excluding carboxylic acids is 2. The highest BCUT2D eigenvalue weighted by Gasteiger charge is 2.22. The second kappa shape index (κ2) is 7.34. The quantitative estimate of drug-likeness (QED) is 0.923. The SMILES string of the molecule is COc1cc(NC(=O)c2cccc(F)c2)ccc1N1CCCCC1=O. The summed E-state index contributed by atoms with van der Waals surface area (Å²) in [6, 6.07) is 10.6. The van der Waals surface area contributed by atoms with Crippen LogP contribution in [0.3, 0.4) is 0 Å². The maximum Gasteiger partial charge on any atom is 0.255 e. The monoisotopic (exact) mass is 342 g/mol. The Balaban J connectivity index is 1.81. The van der Waals surface area contributed by atoms with E-state index in [4.69, 9.17) is 4.74 Å². The Hall–Kier alpha value is -2.89. The Morgan fingerprint density at radius 3 is 2.76 bits per heavy atom. The predicted molar refractivity (Wildman–Crippen MR) is 93.6 cm³/mol. The van der Waals surface area contributed by atoms with Crippen molar-refractivity contribution in [2.24, 2.45) is 0 Å². The number of anilines is 2. The molecule has 130 valence electrons. The minimum atomic E-state index is -0.468. The summed E-state index contributed by atoms with van der Waals surface area (Å²) in [5.74, 6) is -0.305. The highest BCUT2D eigenvalue weighted by molar-refractivity contribution is 6.04. The lowest BCUT2D eigenvalue weighted by Crippen LogP contribution is -2.35. The van der Waals surface area contributed by atoms with E-state index in [2.05, 4.69) is 5.32 Å². The molecule has 3 rings (SSSR count). The van der Waals surface area contributed by atoms with Crippen molar-refractivity contribution in [3.63, 3.8) is 0 Å². The van der Waals surface area contributed by atoms with Gasteiger partial charge in [-0.2, -0.15) is 0 Å². The number of carbonyl (C=O) groups is 2. The number of rotatable bonds is 4. The number of nitrogens with zero attached hydrogens (tertiary/aromatic N) is 1. The van der Waals surface area contributed by atoms with Crippen molar-refractivity contribution in [3.05, 3.63) is 53.8 Å². The molecular weight excluding hydrogens is 323 g/mol. The van der Waals surface area contributed by atoms with Gasteiger partial charge in [0.1, 0.15) is 11.6 Å². The van der Waals surface area contributed by atoms with E-state index in [0.717, 1.165) is 12.8 Å². The molecule has 0 aliphatic carbocycles. The van der Waals surface area contributed by atoms with Crippen LogP contribution in [0.15, 0.2) is 42.5 Å². The molecule has 0 spiro atoms. The van der Waals surface area contributed by atoms with E-state index in [-0.39, 0.29) is 11.5 Å². The third-order valence-corrected chi connectivity index (χ3v) is 4.14. The number of methoxy groups -OCH3 is 1. The maximum atomic E-state index is 13.2. The van der Waals surface area contributed by atoms with Crippen LogP contribution in [0.4, 0.5) is 15.8 Å². The summed E-state index contributed by atoms with van der Waals surface area (Å²) in [4.78, 5) is 26.0. The Morgan fingerprint density at radius 1 is 1.20 bits per heavy atom. The summed E-state index contributed by atoms with van der Waals surface area (Å²) in [7, 11) is 1.52. The zero-order valence-electron chi connectivity index (χ0n) is 13.9. The van der Waals surface area contributed by atoms with Gasteiger partial charge in [0.05, 0.1) is 12.8 Å². The lowest BCUT2D eigenvalue weighted by atomic mass is 10.1. The van der Waals surface area contributed by atoms with Crippen molar-refractivity contribution >= 4 is 23.2 Å². The molecule has 2 amide bonds. The number of ether oxygens (including phenoxy) is 1. The molecule has 0 radical (unpaired) electrons. The van der Waals surface area contributed by atoms with Gasteiger partial charge in [0.25, 0.3) is 5.91 Å². The molecule has 0 atom stereocenters. The molecule has 1 fully saturated rings. The second-order valence-electron chi connectivity index (χ2n) is 5.85. The van der Waals surface area contributed by atoms with Gasteiger partial charge < -0.3 is 15.0 Å². The average Bonchev–Trinajstić information content (AvgIpc) is 2.62. The minimum absolute atomic E-state index is 0.0705. The molecule has 1 N–H and O–H groups in total. The Labute approximate surface area is 145 Å². The van der Waals surface area contributed by atoms with Gasteiger partial charge in [-0.25, -0.2) is 4.39 Å². The van der Waals surface area contributed by atoms with Crippen LogP contribution in [0.25, 0.3) is 0 Å². The molecule has 25 heavy (non-hydrogen) atoms. The zero-order valence-corrected chi connectivity index (χ0v) is 13.9. The summed E-state index contributed by atoms with van der Waals surface area (Å²) < 4.78 is 18.6. The highest BCUT2D eigenvalue weighted by Crippen LogP contribution is 2.33. The van der Waals surface area contributed by atoms with Crippen molar-refractivity contribution in [1.29, 1.82) is 0 Å². The molecule has 1 saturated heterocycles. The molecule has 1 aliphatic rings. The summed E-state index contributed by atoms with van der Waals surface area (Å²) >= 11 is 0. The molecule has 2 aromatic rings. The number of hydrogen-bond donors (Lipinski definition) is 1. The number of hydrogen-bond acceptors (Lipinski definition) is 3. The molecule has 1 aliphatic heterocycles. The molecule has 5 nitrogen and oxygen atoms in total. The van der Waals surface area contributed by atoms with Crippen LogP contribution >= 0.6 is 0 Å². The Bertz CT molecular complexity index is 807. The summed E-state index contributed by atoms with van der Waals surface area (Å²) in [5.41, 5.74) is 1.43. The molecule has 6 heteroatoms. The molecule has 0 saturated carbocycles. The van der Waals surface area contributed by atoms with Gasteiger partial charge in [0.2, 0.25) is 5.91 Å². The molecule has 0 bridgehead atoms. The van der Waals surface area contributed by atoms with Crippen LogP contribution in [-0.2, 0) is 4.79 Å². The summed E-state index contributed by atoms with van der Waals surface area (Å²) in [6.07, 6.45) is 2.38. The first kappa shape index (κ1) is 17.0. The van der Waals surface area contributed by atoms with Crippen LogP contribution in [0, 0.1) is 5.82 Å². The molecule has 0 aromatic heterocycles. The predicted octanol–water partition coefficient (Wildman–Crippen LogP) is 3.60. The first-order chi connectivity index (χ1) is 12.1. The smallest absolute Gasteiger partial charge is 0.255 e. The average molecular weight is 342 g/mol. The number of nitrogens with one attached hydrogen (secondary N) is 1. The van der Waals surface area contributed by atoms with Gasteiger partial charge >= 0.3 is 0 Å². The van der Waals surface area contributed by atoms with Crippen LogP contribution in [0.2, 0.25) is 0 Å². The summed E-state index contributed by atoms with van der Waals surface area (Å²) in [5, 5.41) is 2.71. The van der Waals surface area contributed by atoms with Crippen LogP contribution in [0.5, 0.6) is 5.75 Å². The van der Waals surface area contributed by atoms with Crippen LogP contribution in [-0.4, -0.2) is 25.5 Å². The molecular formula is C19H19FN2O3. The first-order valence-electron chi connectivity index (χ1n) is 8.14. The van der Waals surface area contributed by atoms with Gasteiger partial charge in [-0.05, 0) is 43.2 Å². The topological polar surface area (TPSA) is 58.6 Å². The van der Waals surface area contributed by atoms with Crippen molar-refractivity contribution < 1.29 is 18.7 Å². The lowest BCUT2D eigenvalue weighted by Gasteiger charge is -2.28. The van der Waals surface area contributed by atoms with E-state index in [0.29, 0.717) is 30.1 Å². The van der Waals surface area contributed by atoms with E-state index in [1.54, 1.807) is 23.1 Å². The standard InChI is InChI=1S/C19H19FN2O3/c1-25-17-12-15(21-19(24)13-5-4-6-14(20)11-13)8-9-16(17)22-10-3-2-7-18(22)23/h4-6,8-9,11-12H,2-3,7,10H2,1H3,(H,21,24). The molecule has 2 aromatic carbocycles. The van der Waals surface area contributed by atoms with Gasteiger partial charge in [-0.15, -0.1) is 0 Å². The highest BCUT2D eigenvalue weighted by atomic mass is 19.1. The van der Waals surface area contributed by atoms with Crippen LogP contribution < -0.4 is 15.0 Å².